The molecule has 1 heterocycles. The Bertz CT molecular complexity index is 1140. The van der Waals surface area contributed by atoms with Crippen molar-refractivity contribution in [3.8, 4) is 17.6 Å². The maximum absolute atomic E-state index is 13.9. The van der Waals surface area contributed by atoms with Gasteiger partial charge in [0, 0.05) is 17.2 Å². The zero-order valence-electron chi connectivity index (χ0n) is 18.1. The molecule has 1 aliphatic heterocycles. The maximum atomic E-state index is 13.9. The Kier molecular flexibility index (Phi) is 4.85. The lowest BCUT2D eigenvalue weighted by atomic mass is 9.62. The minimum Gasteiger partial charge on any atom is -0.497 e. The molecule has 0 saturated heterocycles. The number of hydrogen-bond donors (Lipinski definition) is 0. The van der Waals surface area contributed by atoms with E-state index in [0.29, 0.717) is 24.5 Å². The summed E-state index contributed by atoms with van der Waals surface area (Å²) in [5.74, 6) is 0.922. The van der Waals surface area contributed by atoms with Crippen LogP contribution in [0.5, 0.6) is 11.5 Å². The third kappa shape index (κ3) is 3.17. The normalized spacial score (nSPS) is 21.5. The molecule has 1 unspecified atom stereocenters. The van der Waals surface area contributed by atoms with Crippen molar-refractivity contribution in [2.75, 3.05) is 19.1 Å². The number of nitrogens with zero attached hydrogens (tertiary/aromatic N) is 2. The molecular formula is C25H24N2O4. The number of methoxy groups -OCH3 is 2. The van der Waals surface area contributed by atoms with Gasteiger partial charge in [0.15, 0.2) is 5.78 Å². The van der Waals surface area contributed by atoms with E-state index in [2.05, 4.69) is 0 Å². The second-order valence-electron chi connectivity index (χ2n) is 8.66. The van der Waals surface area contributed by atoms with Crippen LogP contribution in [-0.4, -0.2) is 25.9 Å². The van der Waals surface area contributed by atoms with Crippen LogP contribution in [-0.2, 0) is 21.5 Å². The first-order valence-corrected chi connectivity index (χ1v) is 10.1. The van der Waals surface area contributed by atoms with Gasteiger partial charge in [0.1, 0.15) is 17.6 Å². The smallest absolute Gasteiger partial charge is 0.241 e. The van der Waals surface area contributed by atoms with Crippen molar-refractivity contribution in [1.29, 1.82) is 5.26 Å². The maximum Gasteiger partial charge on any atom is 0.241 e. The third-order valence-corrected chi connectivity index (χ3v) is 6.15. The molecule has 0 bridgehead atoms. The predicted octanol–water partition coefficient (Wildman–Crippen LogP) is 3.94. The lowest BCUT2D eigenvalue weighted by molar-refractivity contribution is -0.128. The molecule has 6 nitrogen and oxygen atoms in total. The van der Waals surface area contributed by atoms with Gasteiger partial charge in [-0.3, -0.25) is 9.59 Å². The number of amides is 1. The molecule has 2 aliphatic rings. The molecule has 1 spiro atoms. The monoisotopic (exact) mass is 416 g/mol. The number of fused-ring (bicyclic) bond motifs is 2. The number of anilines is 1. The predicted molar refractivity (Wildman–Crippen MR) is 116 cm³/mol. The number of allylic oxidation sites excluding steroid dienone is 1. The molecule has 0 aromatic heterocycles. The van der Waals surface area contributed by atoms with E-state index in [4.69, 9.17) is 9.47 Å². The molecule has 2 aromatic carbocycles. The summed E-state index contributed by atoms with van der Waals surface area (Å²) < 4.78 is 10.7. The fraction of sp³-hybridized carbons (Fsp3) is 0.320. The van der Waals surface area contributed by atoms with E-state index in [-0.39, 0.29) is 17.3 Å². The highest BCUT2D eigenvalue weighted by molar-refractivity contribution is 6.14. The quantitative estimate of drug-likeness (QED) is 0.754. The van der Waals surface area contributed by atoms with Crippen molar-refractivity contribution in [3.05, 3.63) is 65.2 Å². The lowest BCUT2D eigenvalue weighted by Gasteiger charge is -2.37. The van der Waals surface area contributed by atoms with E-state index in [1.54, 1.807) is 45.1 Å². The second kappa shape index (κ2) is 7.28. The molecular weight excluding hydrogens is 392 g/mol. The van der Waals surface area contributed by atoms with E-state index in [9.17, 15) is 14.9 Å². The number of rotatable bonds is 4. The van der Waals surface area contributed by atoms with Gasteiger partial charge in [-0.1, -0.05) is 32.0 Å². The van der Waals surface area contributed by atoms with E-state index >= 15 is 0 Å². The molecule has 158 valence electrons. The van der Waals surface area contributed by atoms with Crippen molar-refractivity contribution in [3.63, 3.8) is 0 Å². The fourth-order valence-corrected chi connectivity index (χ4v) is 4.75. The SMILES string of the molecule is COc1cc(CN2C(=O)C3(C=C(C#N)C(=O)C(C)(C)C3)c3ccccc32)cc(OC)c1. The number of Topliss-reactive ketones (excluding diaryl/α,β-unsaturated/α-hetero) is 1. The molecule has 0 fully saturated rings. The van der Waals surface area contributed by atoms with E-state index in [1.807, 2.05) is 42.5 Å². The average molecular weight is 416 g/mol. The van der Waals surface area contributed by atoms with Crippen LogP contribution in [0.2, 0.25) is 0 Å². The highest BCUT2D eigenvalue weighted by Gasteiger charge is 2.56. The third-order valence-electron chi connectivity index (χ3n) is 6.15. The van der Waals surface area contributed by atoms with Crippen LogP contribution in [0, 0.1) is 16.7 Å². The van der Waals surface area contributed by atoms with Crippen molar-refractivity contribution in [2.24, 2.45) is 5.41 Å². The summed E-state index contributed by atoms with van der Waals surface area (Å²) in [6.07, 6.45) is 1.89. The van der Waals surface area contributed by atoms with Gasteiger partial charge >= 0.3 is 0 Å². The van der Waals surface area contributed by atoms with E-state index < -0.39 is 10.8 Å². The van der Waals surface area contributed by atoms with Gasteiger partial charge in [0.2, 0.25) is 5.91 Å². The molecule has 1 amide bonds. The summed E-state index contributed by atoms with van der Waals surface area (Å²) in [5, 5.41) is 9.60. The average Bonchev–Trinajstić information content (AvgIpc) is 2.98. The van der Waals surface area contributed by atoms with Crippen LogP contribution >= 0.6 is 0 Å². The number of hydrogen-bond acceptors (Lipinski definition) is 5. The number of carbonyl (C=O) groups is 2. The molecule has 0 N–H and O–H groups in total. The van der Waals surface area contributed by atoms with Crippen molar-refractivity contribution < 1.29 is 19.1 Å². The molecule has 0 saturated carbocycles. The Balaban J connectivity index is 1.84. The highest BCUT2D eigenvalue weighted by Crippen LogP contribution is 2.52. The van der Waals surface area contributed by atoms with Crippen LogP contribution in [0.1, 0.15) is 31.4 Å². The van der Waals surface area contributed by atoms with E-state index in [1.165, 1.54) is 0 Å². The van der Waals surface area contributed by atoms with Gasteiger partial charge in [0.25, 0.3) is 0 Å². The van der Waals surface area contributed by atoms with Crippen LogP contribution < -0.4 is 14.4 Å². The Morgan fingerprint density at radius 1 is 1.06 bits per heavy atom. The highest BCUT2D eigenvalue weighted by atomic mass is 16.5. The van der Waals surface area contributed by atoms with Crippen molar-refractivity contribution in [1.82, 2.24) is 0 Å². The van der Waals surface area contributed by atoms with Crippen LogP contribution in [0.15, 0.2) is 54.1 Å². The summed E-state index contributed by atoms with van der Waals surface area (Å²) in [7, 11) is 3.17. The molecule has 1 atom stereocenters. The first-order valence-electron chi connectivity index (χ1n) is 10.1. The van der Waals surface area contributed by atoms with Gasteiger partial charge in [-0.25, -0.2) is 0 Å². The summed E-state index contributed by atoms with van der Waals surface area (Å²) >= 11 is 0. The van der Waals surface area contributed by atoms with E-state index in [0.717, 1.165) is 16.8 Å². The Hall–Kier alpha value is -3.59. The molecule has 2 aromatic rings. The number of carbonyl (C=O) groups excluding carboxylic acids is 2. The van der Waals surface area contributed by atoms with Gasteiger partial charge in [-0.05, 0) is 41.8 Å². The molecule has 4 rings (SSSR count). The Morgan fingerprint density at radius 2 is 1.71 bits per heavy atom. The number of para-hydroxylation sites is 1. The Morgan fingerprint density at radius 3 is 2.32 bits per heavy atom. The number of ether oxygens (including phenoxy) is 2. The van der Waals surface area contributed by atoms with Crippen LogP contribution in [0.3, 0.4) is 0 Å². The lowest BCUT2D eigenvalue weighted by Crippen LogP contribution is -2.47. The topological polar surface area (TPSA) is 79.6 Å². The standard InChI is InChI=1S/C25H24N2O4/c1-24(2)15-25(12-17(13-26)22(24)28)20-7-5-6-8-21(20)27(23(25)29)14-16-9-18(30-3)11-19(10-16)31-4/h5-12H,14-15H2,1-4H3. The number of nitriles is 1. The molecule has 6 heteroatoms. The van der Waals surface area contributed by atoms with Gasteiger partial charge in [0.05, 0.1) is 31.8 Å². The molecule has 1 aliphatic carbocycles. The van der Waals surface area contributed by atoms with Crippen LogP contribution in [0.25, 0.3) is 0 Å². The second-order valence-corrected chi connectivity index (χ2v) is 8.66. The summed E-state index contributed by atoms with van der Waals surface area (Å²) in [6.45, 7) is 3.91. The minimum absolute atomic E-state index is 0.0457. The van der Waals surface area contributed by atoms with Crippen molar-refractivity contribution >= 4 is 17.4 Å². The Labute approximate surface area is 181 Å². The van der Waals surface area contributed by atoms with Gasteiger partial charge in [-0.2, -0.15) is 5.26 Å². The van der Waals surface area contributed by atoms with Gasteiger partial charge in [-0.15, -0.1) is 0 Å². The zero-order valence-corrected chi connectivity index (χ0v) is 18.1. The summed E-state index contributed by atoms with van der Waals surface area (Å²) in [6, 6.07) is 15.1. The molecule has 31 heavy (non-hydrogen) atoms. The number of benzene rings is 2. The first kappa shape index (κ1) is 20.7. The van der Waals surface area contributed by atoms with Crippen LogP contribution in [0.4, 0.5) is 5.69 Å². The first-order chi connectivity index (χ1) is 14.8. The number of ketones is 1. The minimum atomic E-state index is -1.04. The summed E-state index contributed by atoms with van der Waals surface area (Å²) in [4.78, 5) is 28.3. The van der Waals surface area contributed by atoms with Crippen molar-refractivity contribution in [2.45, 2.75) is 32.2 Å². The zero-order chi connectivity index (χ0) is 22.4. The fourth-order valence-electron chi connectivity index (χ4n) is 4.75. The molecule has 0 radical (unpaired) electrons. The summed E-state index contributed by atoms with van der Waals surface area (Å²) in [5.41, 5.74) is 0.646. The largest absolute Gasteiger partial charge is 0.497 e. The van der Waals surface area contributed by atoms with Gasteiger partial charge < -0.3 is 14.4 Å².